The minimum Gasteiger partial charge on any atom is -0.456 e. The van der Waals surface area contributed by atoms with Gasteiger partial charge in [-0.05, 0) is 127 Å². The van der Waals surface area contributed by atoms with E-state index < -0.39 is 0 Å². The number of rotatable bonds is 4. The Morgan fingerprint density at radius 2 is 1.20 bits per heavy atom. The molecule has 0 fully saturated rings. The summed E-state index contributed by atoms with van der Waals surface area (Å²) < 4.78 is 6.27. The largest absolute Gasteiger partial charge is 0.456 e. The van der Waals surface area contributed by atoms with Crippen molar-refractivity contribution >= 4 is 71.0 Å². The molecule has 1 heteroatoms. The van der Waals surface area contributed by atoms with Crippen molar-refractivity contribution in [2.45, 2.75) is 45.4 Å². The molecule has 2 aliphatic carbocycles. The highest BCUT2D eigenvalue weighted by molar-refractivity contribution is 6.16. The minimum atomic E-state index is -0.0891. The molecule has 0 atom stereocenters. The van der Waals surface area contributed by atoms with Crippen molar-refractivity contribution in [1.29, 1.82) is 0 Å². The molecule has 10 rings (SSSR count). The van der Waals surface area contributed by atoms with Gasteiger partial charge in [0.1, 0.15) is 11.2 Å². The molecule has 270 valence electrons. The summed E-state index contributed by atoms with van der Waals surface area (Å²) in [5.74, 6) is 0. The quantitative estimate of drug-likeness (QED) is 0.165. The van der Waals surface area contributed by atoms with Gasteiger partial charge in [-0.15, -0.1) is 0 Å². The molecule has 0 amide bonds. The molecule has 8 aromatic rings. The third-order valence-corrected chi connectivity index (χ3v) is 12.3. The van der Waals surface area contributed by atoms with Crippen LogP contribution in [0.15, 0.2) is 186 Å². The molecule has 0 bridgehead atoms. The van der Waals surface area contributed by atoms with Crippen LogP contribution in [-0.4, -0.2) is 0 Å². The summed E-state index contributed by atoms with van der Waals surface area (Å²) in [7, 11) is 0. The third-order valence-electron chi connectivity index (χ3n) is 12.3. The lowest BCUT2D eigenvalue weighted by Gasteiger charge is -2.22. The maximum atomic E-state index is 6.27. The summed E-state index contributed by atoms with van der Waals surface area (Å²) in [5.41, 5.74) is 13.9. The Labute approximate surface area is 329 Å². The number of fused-ring (bicyclic) bond motifs is 7. The molecule has 0 N–H and O–H groups in total. The highest BCUT2D eigenvalue weighted by atomic mass is 16.3. The molecule has 0 spiro atoms. The van der Waals surface area contributed by atoms with Crippen molar-refractivity contribution in [3.8, 4) is 0 Å². The monoisotopic (exact) mass is 720 g/mol. The van der Waals surface area contributed by atoms with E-state index in [0.29, 0.717) is 0 Å². The summed E-state index contributed by atoms with van der Waals surface area (Å²) in [4.78, 5) is 0. The highest BCUT2D eigenvalue weighted by Crippen LogP contribution is 2.46. The molecular formula is C55H44O. The fourth-order valence-electron chi connectivity index (χ4n) is 9.31. The number of benzene rings is 7. The Morgan fingerprint density at radius 1 is 0.589 bits per heavy atom. The van der Waals surface area contributed by atoms with Gasteiger partial charge in [0.25, 0.3) is 0 Å². The first kappa shape index (κ1) is 34.1. The molecule has 56 heavy (non-hydrogen) atoms. The zero-order chi connectivity index (χ0) is 37.8. The molecule has 0 saturated carbocycles. The van der Waals surface area contributed by atoms with Crippen LogP contribution in [0.2, 0.25) is 0 Å². The predicted molar refractivity (Wildman–Crippen MR) is 241 cm³/mol. The van der Waals surface area contributed by atoms with E-state index in [9.17, 15) is 0 Å². The molecule has 1 aromatic heterocycles. The highest BCUT2D eigenvalue weighted by Gasteiger charge is 2.34. The predicted octanol–water partition coefficient (Wildman–Crippen LogP) is 15.3. The Hall–Kier alpha value is -6.44. The molecule has 0 saturated heterocycles. The number of hydrogen-bond donors (Lipinski definition) is 0. The number of para-hydroxylation sites is 1. The van der Waals surface area contributed by atoms with Gasteiger partial charge in [-0.2, -0.15) is 0 Å². The SMILES string of the molecule is C/C(=C\C=C1/Cc2cc3cc4c(cc3cc2C1(C)C)oc1ccccc14)c1c2ccccc2c(C2=C/C=C(/c3ccccc3)C/C=C\C=C/C2)c2ccccc12. The van der Waals surface area contributed by atoms with E-state index in [4.69, 9.17) is 4.42 Å². The lowest BCUT2D eigenvalue weighted by atomic mass is 9.81. The van der Waals surface area contributed by atoms with Gasteiger partial charge in [0.15, 0.2) is 0 Å². The Balaban J connectivity index is 1.07. The number of allylic oxidation sites excluding steroid dienone is 12. The maximum Gasteiger partial charge on any atom is 0.136 e. The van der Waals surface area contributed by atoms with Crippen molar-refractivity contribution in [3.05, 3.63) is 209 Å². The van der Waals surface area contributed by atoms with E-state index in [0.717, 1.165) is 30.4 Å². The van der Waals surface area contributed by atoms with Crippen molar-refractivity contribution in [3.63, 3.8) is 0 Å². The molecule has 0 unspecified atom stereocenters. The first-order chi connectivity index (χ1) is 27.4. The molecule has 0 aliphatic heterocycles. The molecular weight excluding hydrogens is 677 g/mol. The van der Waals surface area contributed by atoms with Gasteiger partial charge in [0, 0.05) is 16.2 Å². The van der Waals surface area contributed by atoms with Gasteiger partial charge >= 0.3 is 0 Å². The van der Waals surface area contributed by atoms with Gasteiger partial charge in [-0.25, -0.2) is 0 Å². The average molecular weight is 721 g/mol. The Kier molecular flexibility index (Phi) is 8.33. The first-order valence-electron chi connectivity index (χ1n) is 19.9. The average Bonchev–Trinajstić information content (AvgIpc) is 3.71. The zero-order valence-corrected chi connectivity index (χ0v) is 32.3. The van der Waals surface area contributed by atoms with Gasteiger partial charge in [-0.1, -0.05) is 171 Å². The van der Waals surface area contributed by atoms with Crippen molar-refractivity contribution in [1.82, 2.24) is 0 Å². The number of hydrogen-bond acceptors (Lipinski definition) is 1. The second-order valence-electron chi connectivity index (χ2n) is 16.0. The number of furan rings is 1. The van der Waals surface area contributed by atoms with Crippen molar-refractivity contribution < 1.29 is 4.42 Å². The van der Waals surface area contributed by atoms with E-state index in [1.165, 1.54) is 93.2 Å². The van der Waals surface area contributed by atoms with Gasteiger partial charge in [0.05, 0.1) is 0 Å². The minimum absolute atomic E-state index is 0.0891. The summed E-state index contributed by atoms with van der Waals surface area (Å²) in [6, 6.07) is 46.5. The van der Waals surface area contributed by atoms with E-state index in [2.05, 4.69) is 191 Å². The second kappa shape index (κ2) is 13.7. The van der Waals surface area contributed by atoms with E-state index in [1.807, 2.05) is 6.07 Å². The van der Waals surface area contributed by atoms with Crippen LogP contribution in [0.5, 0.6) is 0 Å². The van der Waals surface area contributed by atoms with Crippen molar-refractivity contribution in [2.24, 2.45) is 0 Å². The smallest absolute Gasteiger partial charge is 0.136 e. The summed E-state index contributed by atoms with van der Waals surface area (Å²) in [6.45, 7) is 7.06. The summed E-state index contributed by atoms with van der Waals surface area (Å²) in [5, 5.41) is 10.0. The fraction of sp³-hybridized carbons (Fsp3) is 0.127. The van der Waals surface area contributed by atoms with Crippen LogP contribution in [0.1, 0.15) is 61.4 Å². The fourth-order valence-corrected chi connectivity index (χ4v) is 9.31. The first-order valence-corrected chi connectivity index (χ1v) is 19.9. The topological polar surface area (TPSA) is 13.1 Å². The van der Waals surface area contributed by atoms with Gasteiger partial charge in [-0.3, -0.25) is 0 Å². The summed E-state index contributed by atoms with van der Waals surface area (Å²) >= 11 is 0. The van der Waals surface area contributed by atoms with Gasteiger partial charge < -0.3 is 4.42 Å². The normalized spacial score (nSPS) is 18.7. The lowest BCUT2D eigenvalue weighted by molar-refractivity contribution is 0.645. The van der Waals surface area contributed by atoms with E-state index in [-0.39, 0.29) is 5.41 Å². The van der Waals surface area contributed by atoms with Crippen LogP contribution >= 0.6 is 0 Å². The zero-order valence-electron chi connectivity index (χ0n) is 32.3. The maximum absolute atomic E-state index is 6.27. The van der Waals surface area contributed by atoms with Crippen LogP contribution in [0.4, 0.5) is 0 Å². The standard InChI is InChI=1S/C55H44O/c1-36(27-30-43-32-42-31-40-33-49-44-21-15-16-26-51(44)56-52(49)35-41(40)34-50(42)55(43,2)3)53-45-22-11-13-24-47(45)54(48-25-14-12-23-46(48)53)39-20-8-5-4-7-19-38(28-29-39)37-17-9-6-10-18-37/h4-18,21-31,33-35H,19-20,32H2,1-3H3/b7-4-,8-5-,36-27+,38-28+,39-29?,43-30+. The molecule has 1 heterocycles. The molecule has 0 radical (unpaired) electrons. The van der Waals surface area contributed by atoms with Crippen LogP contribution in [0.25, 0.3) is 71.0 Å². The van der Waals surface area contributed by atoms with E-state index in [1.54, 1.807) is 0 Å². The molecule has 7 aromatic carbocycles. The van der Waals surface area contributed by atoms with Crippen LogP contribution in [0.3, 0.4) is 0 Å². The van der Waals surface area contributed by atoms with Crippen LogP contribution < -0.4 is 0 Å². The Morgan fingerprint density at radius 3 is 1.93 bits per heavy atom. The van der Waals surface area contributed by atoms with Crippen LogP contribution in [-0.2, 0) is 11.8 Å². The second-order valence-corrected chi connectivity index (χ2v) is 16.0. The van der Waals surface area contributed by atoms with E-state index >= 15 is 0 Å². The van der Waals surface area contributed by atoms with Crippen molar-refractivity contribution in [2.75, 3.05) is 0 Å². The Bertz CT molecular complexity index is 3000. The molecule has 2 aliphatic rings. The third kappa shape index (κ3) is 5.78. The van der Waals surface area contributed by atoms with Gasteiger partial charge in [0.2, 0.25) is 0 Å². The van der Waals surface area contributed by atoms with Crippen LogP contribution in [0, 0.1) is 0 Å². The summed E-state index contributed by atoms with van der Waals surface area (Å²) in [6.07, 6.45) is 21.1. The lowest BCUT2D eigenvalue weighted by Crippen LogP contribution is -2.15. The molecule has 1 nitrogen and oxygen atoms in total.